The Morgan fingerprint density at radius 1 is 1.29 bits per heavy atom. The maximum atomic E-state index is 11.3. The van der Waals surface area contributed by atoms with Crippen LogP contribution in [0, 0.1) is 0 Å². The Morgan fingerprint density at radius 3 is 2.65 bits per heavy atom. The van der Waals surface area contributed by atoms with Gasteiger partial charge in [0.2, 0.25) is 0 Å². The third kappa shape index (κ3) is 3.44. The lowest BCUT2D eigenvalue weighted by molar-refractivity contribution is 0.287. The highest BCUT2D eigenvalue weighted by atomic mass is 32.2. The summed E-state index contributed by atoms with van der Waals surface area (Å²) in [7, 11) is -1.14. The predicted molar refractivity (Wildman–Crippen MR) is 66.9 cm³/mol. The zero-order valence-electron chi connectivity index (χ0n) is 9.93. The number of hydrogen-bond donors (Lipinski definition) is 0. The molecule has 1 fully saturated rings. The van der Waals surface area contributed by atoms with Crippen LogP contribution in [0.3, 0.4) is 0 Å². The summed E-state index contributed by atoms with van der Waals surface area (Å²) in [6.07, 6.45) is 0. The fourth-order valence-corrected chi connectivity index (χ4v) is 3.21. The summed E-state index contributed by atoms with van der Waals surface area (Å²) in [6, 6.07) is 7.88. The van der Waals surface area contributed by atoms with Crippen molar-refractivity contribution in [2.75, 3.05) is 31.7 Å². The monoisotopic (exact) mass is 255 g/mol. The zero-order valence-corrected chi connectivity index (χ0v) is 10.7. The Balaban J connectivity index is 1.97. The van der Waals surface area contributed by atoms with Crippen LogP contribution in [0.15, 0.2) is 24.3 Å². The summed E-state index contributed by atoms with van der Waals surface area (Å²) in [5, 5.41) is 0. The Hall–Kier alpha value is -1.07. The van der Waals surface area contributed by atoms with Gasteiger partial charge < -0.3 is 4.74 Å². The summed E-state index contributed by atoms with van der Waals surface area (Å²) in [4.78, 5) is 2.16. The number of rotatable bonds is 3. The maximum absolute atomic E-state index is 11.3. The molecule has 4 nitrogen and oxygen atoms in total. The summed E-state index contributed by atoms with van der Waals surface area (Å²) < 4.78 is 27.8. The SMILES string of the molecule is COc1cccc(CN2CCS(=O)(=O)CC2)c1. The van der Waals surface area contributed by atoms with Crippen LogP contribution >= 0.6 is 0 Å². The third-order valence-electron chi connectivity index (χ3n) is 2.98. The molecule has 0 bridgehead atoms. The highest BCUT2D eigenvalue weighted by Gasteiger charge is 2.21. The van der Waals surface area contributed by atoms with Crippen molar-refractivity contribution in [3.05, 3.63) is 29.8 Å². The quantitative estimate of drug-likeness (QED) is 0.806. The molecular weight excluding hydrogens is 238 g/mol. The van der Waals surface area contributed by atoms with Gasteiger partial charge in [-0.1, -0.05) is 12.1 Å². The van der Waals surface area contributed by atoms with E-state index < -0.39 is 9.84 Å². The minimum Gasteiger partial charge on any atom is -0.497 e. The lowest BCUT2D eigenvalue weighted by Crippen LogP contribution is -2.39. The molecule has 94 valence electrons. The molecule has 1 aromatic rings. The molecule has 0 N–H and O–H groups in total. The van der Waals surface area contributed by atoms with Crippen LogP contribution in [-0.4, -0.2) is 45.0 Å². The highest BCUT2D eigenvalue weighted by Crippen LogP contribution is 2.15. The third-order valence-corrected chi connectivity index (χ3v) is 4.59. The second kappa shape index (κ2) is 5.06. The van der Waals surface area contributed by atoms with Crippen molar-refractivity contribution in [2.24, 2.45) is 0 Å². The van der Waals surface area contributed by atoms with Gasteiger partial charge in [0.25, 0.3) is 0 Å². The standard InChI is InChI=1S/C12H17NO3S/c1-16-12-4-2-3-11(9-12)10-13-5-7-17(14,15)8-6-13/h2-4,9H,5-8,10H2,1H3. The van der Waals surface area contributed by atoms with Gasteiger partial charge in [0.1, 0.15) is 5.75 Å². The van der Waals surface area contributed by atoms with E-state index in [1.165, 1.54) is 0 Å². The van der Waals surface area contributed by atoms with Gasteiger partial charge in [-0.05, 0) is 17.7 Å². The lowest BCUT2D eigenvalue weighted by Gasteiger charge is -2.26. The van der Waals surface area contributed by atoms with E-state index in [0.717, 1.165) is 17.9 Å². The average molecular weight is 255 g/mol. The van der Waals surface area contributed by atoms with E-state index in [-0.39, 0.29) is 11.5 Å². The van der Waals surface area contributed by atoms with Crippen molar-refractivity contribution in [1.82, 2.24) is 4.90 Å². The number of sulfone groups is 1. The number of hydrogen-bond acceptors (Lipinski definition) is 4. The highest BCUT2D eigenvalue weighted by molar-refractivity contribution is 7.91. The summed E-state index contributed by atoms with van der Waals surface area (Å²) in [5.74, 6) is 1.39. The molecule has 1 aliphatic heterocycles. The summed E-state index contributed by atoms with van der Waals surface area (Å²) in [6.45, 7) is 2.03. The van der Waals surface area contributed by atoms with Gasteiger partial charge >= 0.3 is 0 Å². The van der Waals surface area contributed by atoms with Crippen molar-refractivity contribution >= 4 is 9.84 Å². The second-order valence-corrected chi connectivity index (χ2v) is 6.58. The molecule has 2 rings (SSSR count). The lowest BCUT2D eigenvalue weighted by atomic mass is 10.2. The van der Waals surface area contributed by atoms with Crippen LogP contribution in [0.1, 0.15) is 5.56 Å². The molecule has 0 aromatic heterocycles. The number of methoxy groups -OCH3 is 1. The van der Waals surface area contributed by atoms with E-state index in [1.807, 2.05) is 24.3 Å². The molecule has 5 heteroatoms. The minimum absolute atomic E-state index is 0.275. The molecule has 1 heterocycles. The Kier molecular flexibility index (Phi) is 3.69. The molecule has 0 aliphatic carbocycles. The van der Waals surface area contributed by atoms with Crippen LogP contribution < -0.4 is 4.74 Å². The molecule has 17 heavy (non-hydrogen) atoms. The molecule has 0 atom stereocenters. The predicted octanol–water partition coefficient (Wildman–Crippen LogP) is 0.926. The van der Waals surface area contributed by atoms with Crippen molar-refractivity contribution < 1.29 is 13.2 Å². The molecule has 0 unspecified atom stereocenters. The molecule has 1 aliphatic rings. The van der Waals surface area contributed by atoms with Crippen molar-refractivity contribution in [2.45, 2.75) is 6.54 Å². The van der Waals surface area contributed by atoms with E-state index in [4.69, 9.17) is 4.74 Å². The van der Waals surface area contributed by atoms with Crippen molar-refractivity contribution in [1.29, 1.82) is 0 Å². The van der Waals surface area contributed by atoms with E-state index in [2.05, 4.69) is 4.90 Å². The molecule has 0 amide bonds. The first-order chi connectivity index (χ1) is 8.09. The van der Waals surface area contributed by atoms with E-state index in [0.29, 0.717) is 13.1 Å². The van der Waals surface area contributed by atoms with Gasteiger partial charge in [0.15, 0.2) is 9.84 Å². The summed E-state index contributed by atoms with van der Waals surface area (Å²) in [5.41, 5.74) is 1.16. The number of benzene rings is 1. The molecule has 0 saturated carbocycles. The van der Waals surface area contributed by atoms with E-state index >= 15 is 0 Å². The molecule has 1 aromatic carbocycles. The first-order valence-corrected chi connectivity index (χ1v) is 7.47. The van der Waals surface area contributed by atoms with Gasteiger partial charge in [-0.2, -0.15) is 0 Å². The van der Waals surface area contributed by atoms with Crippen LogP contribution in [0.2, 0.25) is 0 Å². The van der Waals surface area contributed by atoms with Gasteiger partial charge in [0, 0.05) is 19.6 Å². The fraction of sp³-hybridized carbons (Fsp3) is 0.500. The van der Waals surface area contributed by atoms with Crippen LogP contribution in [0.25, 0.3) is 0 Å². The normalized spacial score (nSPS) is 20.1. The van der Waals surface area contributed by atoms with Gasteiger partial charge in [-0.3, -0.25) is 4.90 Å². The number of ether oxygens (including phenoxy) is 1. The molecule has 0 spiro atoms. The molecule has 1 saturated heterocycles. The minimum atomic E-state index is -2.79. The largest absolute Gasteiger partial charge is 0.497 e. The van der Waals surface area contributed by atoms with Crippen molar-refractivity contribution in [3.8, 4) is 5.75 Å². The first kappa shape index (κ1) is 12.4. The smallest absolute Gasteiger partial charge is 0.152 e. The first-order valence-electron chi connectivity index (χ1n) is 5.65. The molecular formula is C12H17NO3S. The fourth-order valence-electron chi connectivity index (χ4n) is 1.94. The van der Waals surface area contributed by atoms with E-state index in [9.17, 15) is 8.42 Å². The Bertz CT molecular complexity index is 470. The Labute approximate surface area is 102 Å². The molecule has 0 radical (unpaired) electrons. The van der Waals surface area contributed by atoms with Crippen LogP contribution in [0.5, 0.6) is 5.75 Å². The zero-order chi connectivity index (χ0) is 12.3. The van der Waals surface area contributed by atoms with Crippen molar-refractivity contribution in [3.63, 3.8) is 0 Å². The topological polar surface area (TPSA) is 46.6 Å². The average Bonchev–Trinajstić information content (AvgIpc) is 2.32. The Morgan fingerprint density at radius 2 is 2.00 bits per heavy atom. The van der Waals surface area contributed by atoms with Crippen LogP contribution in [-0.2, 0) is 16.4 Å². The van der Waals surface area contributed by atoms with E-state index in [1.54, 1.807) is 7.11 Å². The number of nitrogens with zero attached hydrogens (tertiary/aromatic N) is 1. The van der Waals surface area contributed by atoms with Gasteiger partial charge in [-0.25, -0.2) is 8.42 Å². The summed E-state index contributed by atoms with van der Waals surface area (Å²) >= 11 is 0. The van der Waals surface area contributed by atoms with Gasteiger partial charge in [0.05, 0.1) is 18.6 Å². The van der Waals surface area contributed by atoms with Gasteiger partial charge in [-0.15, -0.1) is 0 Å². The maximum Gasteiger partial charge on any atom is 0.152 e. The second-order valence-electron chi connectivity index (χ2n) is 4.28. The van der Waals surface area contributed by atoms with Crippen LogP contribution in [0.4, 0.5) is 0 Å².